The average Bonchev–Trinajstić information content (AvgIpc) is 3.39. The maximum atomic E-state index is 12.8. The lowest BCUT2D eigenvalue weighted by Gasteiger charge is -2.18. The second-order valence-corrected chi connectivity index (χ2v) is 7.54. The molecule has 1 amide bonds. The zero-order chi connectivity index (χ0) is 19.5. The van der Waals surface area contributed by atoms with Gasteiger partial charge in [0.15, 0.2) is 5.76 Å². The third-order valence-electron chi connectivity index (χ3n) is 4.72. The van der Waals surface area contributed by atoms with Gasteiger partial charge in [-0.25, -0.2) is 4.98 Å². The van der Waals surface area contributed by atoms with Crippen LogP contribution in [0, 0.1) is 0 Å². The molecule has 1 fully saturated rings. The fourth-order valence-corrected chi connectivity index (χ4v) is 3.55. The van der Waals surface area contributed by atoms with Crippen molar-refractivity contribution in [3.63, 3.8) is 0 Å². The Morgan fingerprint density at radius 3 is 2.54 bits per heavy atom. The quantitative estimate of drug-likeness (QED) is 0.597. The predicted molar refractivity (Wildman–Crippen MR) is 111 cm³/mol. The molecule has 2 heterocycles. The number of oxazole rings is 1. The fraction of sp³-hybridized carbons (Fsp3) is 0.238. The van der Waals surface area contributed by atoms with Crippen molar-refractivity contribution >= 4 is 34.8 Å². The first-order valence-electron chi connectivity index (χ1n) is 9.13. The zero-order valence-electron chi connectivity index (χ0n) is 15.1. The molecule has 1 aliphatic heterocycles. The standard InChI is InChI=1S/C21H19Cl2N3O2/c22-15-5-3-14(4-6-15)19-12-25-20(28-19)13-24-18-11-16(23)7-8-17(18)21(27)26-9-1-2-10-26/h3-8,11-12,24H,1-2,9-10,13H2. The van der Waals surface area contributed by atoms with Gasteiger partial charge >= 0.3 is 0 Å². The lowest BCUT2D eigenvalue weighted by atomic mass is 10.1. The number of hydrogen-bond donors (Lipinski definition) is 1. The minimum Gasteiger partial charge on any atom is -0.439 e. The molecule has 1 aliphatic rings. The largest absolute Gasteiger partial charge is 0.439 e. The van der Waals surface area contributed by atoms with Crippen LogP contribution in [0.1, 0.15) is 29.1 Å². The van der Waals surface area contributed by atoms with E-state index in [1.165, 1.54) is 0 Å². The van der Waals surface area contributed by atoms with Crippen molar-refractivity contribution in [2.45, 2.75) is 19.4 Å². The van der Waals surface area contributed by atoms with Gasteiger partial charge in [0, 0.05) is 34.4 Å². The normalized spacial score (nSPS) is 13.7. The number of amides is 1. The van der Waals surface area contributed by atoms with E-state index in [1.807, 2.05) is 17.0 Å². The van der Waals surface area contributed by atoms with Gasteiger partial charge in [-0.3, -0.25) is 4.79 Å². The van der Waals surface area contributed by atoms with Crippen LogP contribution in [0.2, 0.25) is 10.0 Å². The monoisotopic (exact) mass is 415 g/mol. The van der Waals surface area contributed by atoms with Crippen LogP contribution in [0.5, 0.6) is 0 Å². The van der Waals surface area contributed by atoms with E-state index in [9.17, 15) is 4.79 Å². The van der Waals surface area contributed by atoms with Crippen LogP contribution in [-0.4, -0.2) is 28.9 Å². The summed E-state index contributed by atoms with van der Waals surface area (Å²) in [5.41, 5.74) is 2.18. The van der Waals surface area contributed by atoms with Crippen molar-refractivity contribution in [3.8, 4) is 11.3 Å². The van der Waals surface area contributed by atoms with Crippen LogP contribution in [0.4, 0.5) is 5.69 Å². The maximum Gasteiger partial charge on any atom is 0.255 e. The summed E-state index contributed by atoms with van der Waals surface area (Å²) in [5.74, 6) is 1.20. The fourth-order valence-electron chi connectivity index (χ4n) is 3.25. The summed E-state index contributed by atoms with van der Waals surface area (Å²) in [6, 6.07) is 12.6. The van der Waals surface area contributed by atoms with Gasteiger partial charge in [-0.2, -0.15) is 0 Å². The van der Waals surface area contributed by atoms with Gasteiger partial charge in [0.05, 0.1) is 18.3 Å². The Kier molecular flexibility index (Phi) is 5.55. The Morgan fingerprint density at radius 1 is 1.07 bits per heavy atom. The smallest absolute Gasteiger partial charge is 0.255 e. The van der Waals surface area contributed by atoms with Gasteiger partial charge in [0.2, 0.25) is 5.89 Å². The Balaban J connectivity index is 1.50. The summed E-state index contributed by atoms with van der Waals surface area (Å²) in [4.78, 5) is 19.0. The maximum absolute atomic E-state index is 12.8. The van der Waals surface area contributed by atoms with E-state index in [0.717, 1.165) is 31.5 Å². The molecule has 7 heteroatoms. The minimum atomic E-state index is 0.0194. The average molecular weight is 416 g/mol. The van der Waals surface area contributed by atoms with Crippen LogP contribution in [-0.2, 0) is 6.54 Å². The molecule has 0 spiro atoms. The number of likely N-dealkylation sites (tertiary alicyclic amines) is 1. The molecule has 0 bridgehead atoms. The summed E-state index contributed by atoms with van der Waals surface area (Å²) in [6.07, 6.45) is 3.77. The molecule has 3 aromatic rings. The van der Waals surface area contributed by atoms with Crippen LogP contribution < -0.4 is 5.32 Å². The highest BCUT2D eigenvalue weighted by Crippen LogP contribution is 2.26. The Morgan fingerprint density at radius 2 is 1.79 bits per heavy atom. The van der Waals surface area contributed by atoms with Crippen LogP contribution in [0.25, 0.3) is 11.3 Å². The molecular weight excluding hydrogens is 397 g/mol. The molecule has 0 atom stereocenters. The van der Waals surface area contributed by atoms with E-state index in [0.29, 0.717) is 39.5 Å². The SMILES string of the molecule is O=C(c1ccc(Cl)cc1NCc1ncc(-c2ccc(Cl)cc2)o1)N1CCCC1. The minimum absolute atomic E-state index is 0.0194. The molecular formula is C21H19Cl2N3O2. The number of nitrogens with zero attached hydrogens (tertiary/aromatic N) is 2. The predicted octanol–water partition coefficient (Wildman–Crippen LogP) is 5.50. The van der Waals surface area contributed by atoms with Crippen molar-refractivity contribution < 1.29 is 9.21 Å². The lowest BCUT2D eigenvalue weighted by molar-refractivity contribution is 0.0793. The summed E-state index contributed by atoms with van der Waals surface area (Å²) in [7, 11) is 0. The lowest BCUT2D eigenvalue weighted by Crippen LogP contribution is -2.28. The van der Waals surface area contributed by atoms with Crippen LogP contribution in [0.15, 0.2) is 53.1 Å². The van der Waals surface area contributed by atoms with Gasteiger partial charge in [-0.1, -0.05) is 23.2 Å². The van der Waals surface area contributed by atoms with E-state index in [4.69, 9.17) is 27.6 Å². The van der Waals surface area contributed by atoms with E-state index in [-0.39, 0.29) is 5.91 Å². The summed E-state index contributed by atoms with van der Waals surface area (Å²) < 4.78 is 5.82. The first kappa shape index (κ1) is 18.8. The topological polar surface area (TPSA) is 58.4 Å². The molecule has 1 N–H and O–H groups in total. The summed E-state index contributed by atoms with van der Waals surface area (Å²) in [6.45, 7) is 1.93. The van der Waals surface area contributed by atoms with Gasteiger partial charge in [-0.15, -0.1) is 0 Å². The van der Waals surface area contributed by atoms with Gasteiger partial charge in [0.1, 0.15) is 0 Å². The molecule has 4 rings (SSSR count). The molecule has 28 heavy (non-hydrogen) atoms. The molecule has 0 radical (unpaired) electrons. The van der Waals surface area contributed by atoms with Gasteiger partial charge in [0.25, 0.3) is 5.91 Å². The number of halogens is 2. The van der Waals surface area contributed by atoms with Crippen molar-refractivity contribution in [3.05, 3.63) is 70.2 Å². The van der Waals surface area contributed by atoms with Crippen molar-refractivity contribution in [2.75, 3.05) is 18.4 Å². The Hall–Kier alpha value is -2.50. The Bertz CT molecular complexity index is 980. The van der Waals surface area contributed by atoms with E-state index in [2.05, 4.69) is 10.3 Å². The third-order valence-corrected chi connectivity index (χ3v) is 5.20. The van der Waals surface area contributed by atoms with Gasteiger partial charge < -0.3 is 14.6 Å². The first-order chi connectivity index (χ1) is 13.6. The van der Waals surface area contributed by atoms with Crippen molar-refractivity contribution in [2.24, 2.45) is 0 Å². The molecule has 144 valence electrons. The van der Waals surface area contributed by atoms with Crippen LogP contribution >= 0.6 is 23.2 Å². The number of anilines is 1. The van der Waals surface area contributed by atoms with E-state index >= 15 is 0 Å². The first-order valence-corrected chi connectivity index (χ1v) is 9.89. The number of carbonyl (C=O) groups is 1. The molecule has 0 saturated carbocycles. The highest BCUT2D eigenvalue weighted by Gasteiger charge is 2.22. The molecule has 0 aliphatic carbocycles. The molecule has 2 aromatic carbocycles. The van der Waals surface area contributed by atoms with E-state index in [1.54, 1.807) is 36.5 Å². The van der Waals surface area contributed by atoms with Gasteiger partial charge in [-0.05, 0) is 55.3 Å². The number of benzene rings is 2. The summed E-state index contributed by atoms with van der Waals surface area (Å²) in [5, 5.41) is 4.47. The molecule has 0 unspecified atom stereocenters. The Labute approximate surface area is 173 Å². The highest BCUT2D eigenvalue weighted by molar-refractivity contribution is 6.31. The number of nitrogens with one attached hydrogen (secondary N) is 1. The molecule has 1 aromatic heterocycles. The third kappa shape index (κ3) is 4.16. The number of carbonyl (C=O) groups excluding carboxylic acids is 1. The second kappa shape index (κ2) is 8.25. The van der Waals surface area contributed by atoms with E-state index < -0.39 is 0 Å². The van der Waals surface area contributed by atoms with Crippen LogP contribution in [0.3, 0.4) is 0 Å². The second-order valence-electron chi connectivity index (χ2n) is 6.67. The molecule has 1 saturated heterocycles. The van der Waals surface area contributed by atoms with Crippen molar-refractivity contribution in [1.29, 1.82) is 0 Å². The molecule has 5 nitrogen and oxygen atoms in total. The summed E-state index contributed by atoms with van der Waals surface area (Å²) >= 11 is 12.1. The zero-order valence-corrected chi connectivity index (χ0v) is 16.6. The number of aromatic nitrogens is 1. The highest BCUT2D eigenvalue weighted by atomic mass is 35.5. The number of hydrogen-bond acceptors (Lipinski definition) is 4. The number of rotatable bonds is 5. The van der Waals surface area contributed by atoms with Crippen molar-refractivity contribution in [1.82, 2.24) is 9.88 Å².